The van der Waals surface area contributed by atoms with E-state index in [2.05, 4.69) is 18.8 Å². The van der Waals surface area contributed by atoms with Crippen LogP contribution in [-0.4, -0.2) is 21.8 Å². The summed E-state index contributed by atoms with van der Waals surface area (Å²) in [5, 5.41) is 3.50. The Morgan fingerprint density at radius 2 is 1.89 bits per heavy atom. The van der Waals surface area contributed by atoms with Gasteiger partial charge in [-0.25, -0.2) is 4.98 Å². The highest BCUT2D eigenvalue weighted by atomic mass is 35.5. The van der Waals surface area contributed by atoms with Crippen molar-refractivity contribution < 1.29 is 9.53 Å². The van der Waals surface area contributed by atoms with Crippen molar-refractivity contribution in [2.45, 2.75) is 39.5 Å². The van der Waals surface area contributed by atoms with Gasteiger partial charge in [-0.05, 0) is 49.7 Å². The van der Waals surface area contributed by atoms with Crippen molar-refractivity contribution in [1.29, 1.82) is 0 Å². The predicted octanol–water partition coefficient (Wildman–Crippen LogP) is 5.82. The first-order valence-electron chi connectivity index (χ1n) is 9.24. The number of benzene rings is 2. The summed E-state index contributed by atoms with van der Waals surface area (Å²) in [6, 6.07) is 16.8. The molecule has 0 saturated heterocycles. The third-order valence-electron chi connectivity index (χ3n) is 4.51. The minimum atomic E-state index is -0.0129. The van der Waals surface area contributed by atoms with Crippen LogP contribution in [0.25, 0.3) is 0 Å². The molecule has 0 aliphatic rings. The van der Waals surface area contributed by atoms with Gasteiger partial charge in [0.05, 0.1) is 12.2 Å². The molecular formula is C22H23ClN2O2S. The van der Waals surface area contributed by atoms with E-state index in [1.165, 1.54) is 0 Å². The quantitative estimate of drug-likeness (QED) is 0.466. The van der Waals surface area contributed by atoms with E-state index in [1.807, 2.05) is 40.6 Å². The molecule has 0 N–H and O–H groups in total. The lowest BCUT2D eigenvalue weighted by Crippen LogP contribution is -2.37. The number of hydrogen-bond donors (Lipinski definition) is 0. The standard InChI is InChI=1S/C22H23ClN2O2S/c1-3-16(2)25(22(26)17-9-11-18(23)12-10-17)13-19-15-28-21(24-19)14-27-20-7-5-4-6-8-20/h4-12,15-16H,3,13-14H2,1-2H3/t16-/m1/s1. The van der Waals surface area contributed by atoms with E-state index in [1.54, 1.807) is 35.6 Å². The minimum absolute atomic E-state index is 0.0129. The highest BCUT2D eigenvalue weighted by Crippen LogP contribution is 2.20. The van der Waals surface area contributed by atoms with E-state index in [0.717, 1.165) is 22.9 Å². The molecule has 0 bridgehead atoms. The molecule has 1 heterocycles. The lowest BCUT2D eigenvalue weighted by Gasteiger charge is -2.28. The Bertz CT molecular complexity index is 896. The zero-order valence-corrected chi connectivity index (χ0v) is 17.5. The summed E-state index contributed by atoms with van der Waals surface area (Å²) in [6.45, 7) is 5.02. The molecular weight excluding hydrogens is 392 g/mol. The monoisotopic (exact) mass is 414 g/mol. The zero-order chi connectivity index (χ0) is 19.9. The van der Waals surface area contributed by atoms with Gasteiger partial charge in [0.25, 0.3) is 5.91 Å². The Balaban J connectivity index is 1.68. The molecule has 3 aromatic rings. The Labute approximate surface area is 174 Å². The lowest BCUT2D eigenvalue weighted by molar-refractivity contribution is 0.0669. The maximum atomic E-state index is 13.0. The first kappa shape index (κ1) is 20.4. The van der Waals surface area contributed by atoms with Gasteiger partial charge in [0.2, 0.25) is 0 Å². The number of aromatic nitrogens is 1. The number of carbonyl (C=O) groups excluding carboxylic acids is 1. The van der Waals surface area contributed by atoms with Crippen LogP contribution < -0.4 is 4.74 Å². The average Bonchev–Trinajstić information content (AvgIpc) is 3.18. The van der Waals surface area contributed by atoms with Gasteiger partial charge in [-0.1, -0.05) is 36.7 Å². The molecule has 0 spiro atoms. The smallest absolute Gasteiger partial charge is 0.254 e. The number of rotatable bonds is 8. The second-order valence-corrected chi connectivity index (χ2v) is 7.91. The molecule has 1 atom stereocenters. The van der Waals surface area contributed by atoms with Gasteiger partial charge >= 0.3 is 0 Å². The highest BCUT2D eigenvalue weighted by molar-refractivity contribution is 7.09. The van der Waals surface area contributed by atoms with Crippen molar-refractivity contribution >= 4 is 28.8 Å². The highest BCUT2D eigenvalue weighted by Gasteiger charge is 2.22. The van der Waals surface area contributed by atoms with Crippen molar-refractivity contribution in [3.63, 3.8) is 0 Å². The zero-order valence-electron chi connectivity index (χ0n) is 16.0. The van der Waals surface area contributed by atoms with Crippen LogP contribution in [0.15, 0.2) is 60.0 Å². The van der Waals surface area contributed by atoms with Crippen LogP contribution in [0.1, 0.15) is 41.3 Å². The van der Waals surface area contributed by atoms with Crippen molar-refractivity contribution in [3.05, 3.63) is 81.3 Å². The van der Waals surface area contributed by atoms with E-state index in [9.17, 15) is 4.79 Å². The van der Waals surface area contributed by atoms with Crippen LogP contribution in [0.2, 0.25) is 5.02 Å². The summed E-state index contributed by atoms with van der Waals surface area (Å²) >= 11 is 7.49. The maximum absolute atomic E-state index is 13.0. The largest absolute Gasteiger partial charge is 0.486 e. The fraction of sp³-hybridized carbons (Fsp3) is 0.273. The summed E-state index contributed by atoms with van der Waals surface area (Å²) in [6.07, 6.45) is 0.868. The molecule has 3 rings (SSSR count). The van der Waals surface area contributed by atoms with Crippen LogP contribution in [-0.2, 0) is 13.2 Å². The van der Waals surface area contributed by atoms with Crippen LogP contribution >= 0.6 is 22.9 Å². The third kappa shape index (κ3) is 5.33. The van der Waals surface area contributed by atoms with Gasteiger partial charge in [-0.2, -0.15) is 0 Å². The molecule has 1 aromatic heterocycles. The number of carbonyl (C=O) groups is 1. The molecule has 0 fully saturated rings. The Hall–Kier alpha value is -2.37. The molecule has 0 radical (unpaired) electrons. The molecule has 6 heteroatoms. The summed E-state index contributed by atoms with van der Waals surface area (Å²) < 4.78 is 5.76. The molecule has 4 nitrogen and oxygen atoms in total. The van der Waals surface area contributed by atoms with E-state index in [-0.39, 0.29) is 11.9 Å². The molecule has 1 amide bonds. The van der Waals surface area contributed by atoms with E-state index in [0.29, 0.717) is 23.7 Å². The lowest BCUT2D eigenvalue weighted by atomic mass is 10.1. The summed E-state index contributed by atoms with van der Waals surface area (Å²) in [5.74, 6) is 0.805. The predicted molar refractivity (Wildman–Crippen MR) is 114 cm³/mol. The first-order chi connectivity index (χ1) is 13.6. The van der Waals surface area contributed by atoms with Gasteiger partial charge in [0.15, 0.2) is 0 Å². The number of hydrogen-bond acceptors (Lipinski definition) is 4. The van der Waals surface area contributed by atoms with Crippen LogP contribution in [0.3, 0.4) is 0 Å². The van der Waals surface area contributed by atoms with Crippen LogP contribution in [0.4, 0.5) is 0 Å². The van der Waals surface area contributed by atoms with Crippen molar-refractivity contribution in [3.8, 4) is 5.75 Å². The van der Waals surface area contributed by atoms with E-state index < -0.39 is 0 Å². The van der Waals surface area contributed by atoms with Gasteiger partial charge in [0.1, 0.15) is 17.4 Å². The SMILES string of the molecule is CC[C@@H](C)N(Cc1csc(COc2ccccc2)n1)C(=O)c1ccc(Cl)cc1. The van der Waals surface area contributed by atoms with E-state index >= 15 is 0 Å². The molecule has 0 saturated carbocycles. The molecule has 146 valence electrons. The van der Waals surface area contributed by atoms with Crippen LogP contribution in [0.5, 0.6) is 5.75 Å². The number of ether oxygens (including phenoxy) is 1. The average molecular weight is 415 g/mol. The number of amides is 1. The molecule has 0 aliphatic heterocycles. The van der Waals surface area contributed by atoms with Crippen molar-refractivity contribution in [2.24, 2.45) is 0 Å². The van der Waals surface area contributed by atoms with E-state index in [4.69, 9.17) is 16.3 Å². The molecule has 2 aromatic carbocycles. The normalized spacial score (nSPS) is 11.8. The van der Waals surface area contributed by atoms with Crippen molar-refractivity contribution in [1.82, 2.24) is 9.88 Å². The summed E-state index contributed by atoms with van der Waals surface area (Å²) in [7, 11) is 0. The van der Waals surface area contributed by atoms with Crippen LogP contribution in [0, 0.1) is 0 Å². The second-order valence-electron chi connectivity index (χ2n) is 6.53. The van der Waals surface area contributed by atoms with Crippen molar-refractivity contribution in [2.75, 3.05) is 0 Å². The summed E-state index contributed by atoms with van der Waals surface area (Å²) in [5.41, 5.74) is 1.51. The summed E-state index contributed by atoms with van der Waals surface area (Å²) in [4.78, 5) is 19.5. The fourth-order valence-electron chi connectivity index (χ4n) is 2.73. The molecule has 0 unspecified atom stereocenters. The third-order valence-corrected chi connectivity index (χ3v) is 5.64. The number of nitrogens with zero attached hydrogens (tertiary/aromatic N) is 2. The first-order valence-corrected chi connectivity index (χ1v) is 10.5. The number of para-hydroxylation sites is 1. The topological polar surface area (TPSA) is 42.4 Å². The maximum Gasteiger partial charge on any atom is 0.254 e. The Morgan fingerprint density at radius 3 is 2.57 bits per heavy atom. The van der Waals surface area contributed by atoms with Gasteiger partial charge in [-0.3, -0.25) is 4.79 Å². The molecule has 28 heavy (non-hydrogen) atoms. The number of thiazole rings is 1. The minimum Gasteiger partial charge on any atom is -0.486 e. The molecule has 0 aliphatic carbocycles. The Kier molecular flexibility index (Phi) is 7.06. The fourth-order valence-corrected chi connectivity index (χ4v) is 3.55. The second kappa shape index (κ2) is 9.71. The van der Waals surface area contributed by atoms with Gasteiger partial charge in [0, 0.05) is 22.0 Å². The Morgan fingerprint density at radius 1 is 1.18 bits per heavy atom. The van der Waals surface area contributed by atoms with Gasteiger partial charge in [-0.15, -0.1) is 11.3 Å². The number of halogens is 1. The van der Waals surface area contributed by atoms with Gasteiger partial charge < -0.3 is 9.64 Å².